The third-order valence-electron chi connectivity index (χ3n) is 2.57. The van der Waals surface area contributed by atoms with Gasteiger partial charge in [0.25, 0.3) is 0 Å². The molecule has 0 aromatic carbocycles. The van der Waals surface area contributed by atoms with Gasteiger partial charge in [-0.3, -0.25) is 4.79 Å². The summed E-state index contributed by atoms with van der Waals surface area (Å²) in [5, 5.41) is 4.42. The number of hydrogen-bond acceptors (Lipinski definition) is 4. The summed E-state index contributed by atoms with van der Waals surface area (Å²) >= 11 is 5.24. The molecule has 0 amide bonds. The summed E-state index contributed by atoms with van der Waals surface area (Å²) in [6.45, 7) is 0. The van der Waals surface area contributed by atoms with Crippen LogP contribution in [0.3, 0.4) is 0 Å². The van der Waals surface area contributed by atoms with E-state index >= 15 is 0 Å². The molecule has 0 N–H and O–H groups in total. The Morgan fingerprint density at radius 3 is 2.65 bits per heavy atom. The highest BCUT2D eigenvalue weighted by Gasteiger charge is 2.24. The zero-order valence-corrected chi connectivity index (χ0v) is 11.4. The summed E-state index contributed by atoms with van der Waals surface area (Å²) < 4.78 is 0. The highest BCUT2D eigenvalue weighted by Crippen LogP contribution is 2.47. The van der Waals surface area contributed by atoms with Crippen LogP contribution in [0.4, 0.5) is 0 Å². The molecule has 0 spiro atoms. The van der Waals surface area contributed by atoms with Crippen LogP contribution in [0, 0.1) is 0 Å². The zero-order valence-electron chi connectivity index (χ0n) is 8.96. The summed E-state index contributed by atoms with van der Waals surface area (Å²) in [4.78, 5) is 15.4. The minimum absolute atomic E-state index is 0.241. The van der Waals surface area contributed by atoms with Crippen molar-refractivity contribution in [3.63, 3.8) is 0 Å². The first kappa shape index (κ1) is 11.3. The topological polar surface area (TPSA) is 17.1 Å². The molecule has 1 unspecified atom stereocenters. The molecule has 0 aliphatic carbocycles. The predicted octanol–water partition coefficient (Wildman–Crippen LogP) is 4.60. The SMILES string of the molecule is O=C1C=C(c2cccs2)SC(c2cccs2)C1. The van der Waals surface area contributed by atoms with Gasteiger partial charge in [0.15, 0.2) is 5.78 Å². The molecule has 4 heteroatoms. The van der Waals surface area contributed by atoms with Crippen molar-refractivity contribution >= 4 is 45.1 Å². The standard InChI is InChI=1S/C13H10OS3/c14-9-7-12(10-3-1-5-15-10)17-13(8-9)11-4-2-6-16-11/h1-7,13H,8H2. The Balaban J connectivity index is 1.90. The van der Waals surface area contributed by atoms with Gasteiger partial charge >= 0.3 is 0 Å². The van der Waals surface area contributed by atoms with E-state index in [0.29, 0.717) is 11.7 Å². The Hall–Kier alpha value is -0.840. The molecule has 0 radical (unpaired) electrons. The van der Waals surface area contributed by atoms with Gasteiger partial charge in [0, 0.05) is 21.1 Å². The van der Waals surface area contributed by atoms with Gasteiger partial charge in [0.2, 0.25) is 0 Å². The molecule has 17 heavy (non-hydrogen) atoms. The van der Waals surface area contributed by atoms with E-state index in [-0.39, 0.29) is 5.78 Å². The number of rotatable bonds is 2. The molecule has 0 saturated heterocycles. The van der Waals surface area contributed by atoms with Gasteiger partial charge in [-0.05, 0) is 29.0 Å². The maximum atomic E-state index is 11.8. The van der Waals surface area contributed by atoms with Crippen LogP contribution < -0.4 is 0 Å². The van der Waals surface area contributed by atoms with E-state index < -0.39 is 0 Å². The smallest absolute Gasteiger partial charge is 0.158 e. The van der Waals surface area contributed by atoms with E-state index in [0.717, 1.165) is 4.91 Å². The van der Waals surface area contributed by atoms with Crippen LogP contribution in [-0.4, -0.2) is 5.78 Å². The number of carbonyl (C=O) groups excluding carboxylic acids is 1. The lowest BCUT2D eigenvalue weighted by atomic mass is 10.1. The van der Waals surface area contributed by atoms with E-state index in [2.05, 4.69) is 22.9 Å². The highest BCUT2D eigenvalue weighted by atomic mass is 32.2. The van der Waals surface area contributed by atoms with E-state index in [4.69, 9.17) is 0 Å². The Morgan fingerprint density at radius 1 is 1.12 bits per heavy atom. The number of carbonyl (C=O) groups is 1. The van der Waals surface area contributed by atoms with Crippen LogP contribution in [0.1, 0.15) is 21.4 Å². The quantitative estimate of drug-likeness (QED) is 0.798. The molecule has 0 saturated carbocycles. The summed E-state index contributed by atoms with van der Waals surface area (Å²) in [7, 11) is 0. The van der Waals surface area contributed by atoms with Crippen molar-refractivity contribution in [3.8, 4) is 0 Å². The molecule has 2 aromatic rings. The van der Waals surface area contributed by atoms with Crippen LogP contribution in [0.5, 0.6) is 0 Å². The minimum atomic E-state index is 0.241. The monoisotopic (exact) mass is 278 g/mol. The molecular formula is C13H10OS3. The van der Waals surface area contributed by atoms with Gasteiger partial charge in [-0.15, -0.1) is 34.4 Å². The molecule has 86 valence electrons. The second-order valence-corrected chi connectivity index (χ2v) is 6.95. The van der Waals surface area contributed by atoms with Gasteiger partial charge in [-0.25, -0.2) is 0 Å². The van der Waals surface area contributed by atoms with Crippen molar-refractivity contribution in [2.24, 2.45) is 0 Å². The van der Waals surface area contributed by atoms with Crippen LogP contribution in [0.25, 0.3) is 4.91 Å². The Kier molecular flexibility index (Phi) is 3.18. The molecule has 3 heterocycles. The van der Waals surface area contributed by atoms with Crippen LogP contribution >= 0.6 is 34.4 Å². The summed E-state index contributed by atoms with van der Waals surface area (Å²) in [6.07, 6.45) is 2.42. The van der Waals surface area contributed by atoms with E-state index in [1.165, 1.54) is 9.75 Å². The second-order valence-electron chi connectivity index (χ2n) is 3.78. The normalized spacial score (nSPS) is 20.4. The average Bonchev–Trinajstić information content (AvgIpc) is 3.02. The first-order valence-corrected chi connectivity index (χ1v) is 7.95. The average molecular weight is 278 g/mol. The Labute approximate surface area is 112 Å². The maximum absolute atomic E-state index is 11.8. The first-order valence-electron chi connectivity index (χ1n) is 5.31. The van der Waals surface area contributed by atoms with Crippen molar-refractivity contribution < 1.29 is 4.79 Å². The fourth-order valence-electron chi connectivity index (χ4n) is 1.80. The van der Waals surface area contributed by atoms with Crippen molar-refractivity contribution in [2.75, 3.05) is 0 Å². The number of thioether (sulfide) groups is 1. The summed E-state index contributed by atoms with van der Waals surface area (Å²) in [5.74, 6) is 0.241. The summed E-state index contributed by atoms with van der Waals surface area (Å²) in [5.41, 5.74) is 0. The molecule has 2 aromatic heterocycles. The third-order valence-corrected chi connectivity index (χ3v) is 6.04. The fraction of sp³-hybridized carbons (Fsp3) is 0.154. The van der Waals surface area contributed by atoms with Gasteiger partial charge in [0.05, 0.1) is 5.25 Å². The zero-order chi connectivity index (χ0) is 11.7. The van der Waals surface area contributed by atoms with E-state index in [9.17, 15) is 4.79 Å². The van der Waals surface area contributed by atoms with Crippen LogP contribution in [0.2, 0.25) is 0 Å². The van der Waals surface area contributed by atoms with Gasteiger partial charge in [-0.1, -0.05) is 12.1 Å². The van der Waals surface area contributed by atoms with Crippen molar-refractivity contribution in [2.45, 2.75) is 11.7 Å². The largest absolute Gasteiger partial charge is 0.295 e. The lowest BCUT2D eigenvalue weighted by Crippen LogP contribution is -2.06. The molecule has 0 fully saturated rings. The predicted molar refractivity (Wildman–Crippen MR) is 76.6 cm³/mol. The lowest BCUT2D eigenvalue weighted by molar-refractivity contribution is -0.114. The minimum Gasteiger partial charge on any atom is -0.295 e. The second kappa shape index (κ2) is 4.80. The number of ketones is 1. The first-order chi connectivity index (χ1) is 8.33. The van der Waals surface area contributed by atoms with Crippen LogP contribution in [0.15, 0.2) is 41.1 Å². The lowest BCUT2D eigenvalue weighted by Gasteiger charge is -2.19. The van der Waals surface area contributed by atoms with Crippen molar-refractivity contribution in [1.29, 1.82) is 0 Å². The highest BCUT2D eigenvalue weighted by molar-refractivity contribution is 8.09. The molecule has 3 rings (SSSR count). The van der Waals surface area contributed by atoms with Crippen molar-refractivity contribution in [1.82, 2.24) is 0 Å². The van der Waals surface area contributed by atoms with Gasteiger partial charge < -0.3 is 0 Å². The van der Waals surface area contributed by atoms with Crippen LogP contribution in [-0.2, 0) is 4.79 Å². The third kappa shape index (κ3) is 2.39. The molecule has 1 aliphatic rings. The van der Waals surface area contributed by atoms with E-state index in [1.807, 2.05) is 23.9 Å². The van der Waals surface area contributed by atoms with Gasteiger partial charge in [-0.2, -0.15) is 0 Å². The fourth-order valence-corrected chi connectivity index (χ4v) is 4.87. The summed E-state index contributed by atoms with van der Waals surface area (Å²) in [6, 6.07) is 8.27. The maximum Gasteiger partial charge on any atom is 0.158 e. The Morgan fingerprint density at radius 2 is 1.94 bits per heavy atom. The van der Waals surface area contributed by atoms with Gasteiger partial charge in [0.1, 0.15) is 0 Å². The number of allylic oxidation sites excluding steroid dienone is 1. The number of thiophene rings is 2. The molecule has 1 aliphatic heterocycles. The molecule has 1 nitrogen and oxygen atoms in total. The molecular weight excluding hydrogens is 268 g/mol. The molecule has 1 atom stereocenters. The number of hydrogen-bond donors (Lipinski definition) is 0. The molecule has 0 bridgehead atoms. The Bertz CT molecular complexity index is 537. The van der Waals surface area contributed by atoms with Crippen molar-refractivity contribution in [3.05, 3.63) is 50.9 Å². The van der Waals surface area contributed by atoms with E-state index in [1.54, 1.807) is 28.7 Å².